The first kappa shape index (κ1) is 20.5. The fraction of sp³-hybridized carbons (Fsp3) is 0.227. The van der Waals surface area contributed by atoms with Crippen LogP contribution in [0.25, 0.3) is 0 Å². The Morgan fingerprint density at radius 2 is 1.87 bits per heavy atom. The minimum atomic E-state index is -0.369. The second-order valence-electron chi connectivity index (χ2n) is 6.83. The molecule has 9 heteroatoms. The molecule has 2 N–H and O–H groups in total. The maximum atomic E-state index is 13.2. The van der Waals surface area contributed by atoms with Gasteiger partial charge in [-0.1, -0.05) is 0 Å². The summed E-state index contributed by atoms with van der Waals surface area (Å²) in [6, 6.07) is 11.1. The van der Waals surface area contributed by atoms with Crippen LogP contribution in [0.3, 0.4) is 0 Å². The number of methoxy groups -OCH3 is 1. The average molecular weight is 423 g/mol. The van der Waals surface area contributed by atoms with Gasteiger partial charge in [-0.05, 0) is 42.5 Å². The van der Waals surface area contributed by atoms with Crippen LogP contribution < -0.4 is 20.3 Å². The number of anilines is 4. The lowest BCUT2D eigenvalue weighted by atomic mass is 10.2. The number of benzene rings is 1. The highest BCUT2D eigenvalue weighted by molar-refractivity contribution is 6.07. The third-order valence-corrected chi connectivity index (χ3v) is 4.81. The Morgan fingerprint density at radius 1 is 1.10 bits per heavy atom. The van der Waals surface area contributed by atoms with Crippen LogP contribution in [-0.4, -0.2) is 49.3 Å². The minimum absolute atomic E-state index is 0.239. The lowest BCUT2D eigenvalue weighted by molar-refractivity contribution is 0.102. The summed E-state index contributed by atoms with van der Waals surface area (Å²) in [6.45, 7) is 2.74. The molecule has 3 heterocycles. The van der Waals surface area contributed by atoms with Crippen LogP contribution in [-0.2, 0) is 4.74 Å². The molecule has 1 aromatic carbocycles. The Hall–Kier alpha value is -3.72. The Balaban J connectivity index is 1.53. The Bertz CT molecular complexity index is 1060. The molecule has 1 aliphatic heterocycles. The Kier molecular flexibility index (Phi) is 6.23. The van der Waals surface area contributed by atoms with Crippen molar-refractivity contribution in [2.75, 3.05) is 48.9 Å². The van der Waals surface area contributed by atoms with E-state index in [9.17, 15) is 9.18 Å². The maximum absolute atomic E-state index is 13.2. The van der Waals surface area contributed by atoms with Crippen LogP contribution in [0.2, 0.25) is 0 Å². The molecular weight excluding hydrogens is 401 g/mol. The lowest BCUT2D eigenvalue weighted by Gasteiger charge is -2.28. The molecule has 0 atom stereocenters. The smallest absolute Gasteiger partial charge is 0.261 e. The number of amides is 1. The molecule has 2 aromatic heterocycles. The number of hydrogen-bond donors (Lipinski definition) is 2. The molecule has 0 bridgehead atoms. The number of halogens is 1. The van der Waals surface area contributed by atoms with E-state index in [1.807, 2.05) is 0 Å². The first-order valence-corrected chi connectivity index (χ1v) is 9.80. The van der Waals surface area contributed by atoms with Gasteiger partial charge in [-0.15, -0.1) is 0 Å². The molecule has 1 fully saturated rings. The molecule has 31 heavy (non-hydrogen) atoms. The summed E-state index contributed by atoms with van der Waals surface area (Å²) >= 11 is 0. The van der Waals surface area contributed by atoms with E-state index in [0.29, 0.717) is 35.8 Å². The van der Waals surface area contributed by atoms with Gasteiger partial charge in [0.15, 0.2) is 0 Å². The van der Waals surface area contributed by atoms with Crippen LogP contribution in [0, 0.1) is 5.82 Å². The fourth-order valence-corrected chi connectivity index (χ4v) is 3.21. The van der Waals surface area contributed by atoms with Crippen molar-refractivity contribution in [3.05, 3.63) is 66.2 Å². The van der Waals surface area contributed by atoms with Crippen LogP contribution in [0.15, 0.2) is 54.9 Å². The van der Waals surface area contributed by atoms with E-state index in [4.69, 9.17) is 9.47 Å². The van der Waals surface area contributed by atoms with E-state index in [-0.39, 0.29) is 17.6 Å². The number of carbonyl (C=O) groups excluding carboxylic acids is 1. The van der Waals surface area contributed by atoms with Crippen LogP contribution >= 0.6 is 0 Å². The number of nitrogens with zero attached hydrogens (tertiary/aromatic N) is 3. The third kappa shape index (κ3) is 4.89. The molecule has 1 aliphatic rings. The molecule has 0 aliphatic carbocycles. The highest BCUT2D eigenvalue weighted by Crippen LogP contribution is 2.27. The maximum Gasteiger partial charge on any atom is 0.261 e. The molecule has 4 rings (SSSR count). The zero-order valence-electron chi connectivity index (χ0n) is 17.0. The van der Waals surface area contributed by atoms with Gasteiger partial charge in [0.1, 0.15) is 17.2 Å². The first-order chi connectivity index (χ1) is 15.1. The van der Waals surface area contributed by atoms with Crippen LogP contribution in [0.4, 0.5) is 27.3 Å². The number of rotatable bonds is 6. The quantitative estimate of drug-likeness (QED) is 0.628. The summed E-state index contributed by atoms with van der Waals surface area (Å²) in [5.41, 5.74) is 2.06. The highest BCUT2D eigenvalue weighted by atomic mass is 19.1. The van der Waals surface area contributed by atoms with Gasteiger partial charge < -0.3 is 25.0 Å². The van der Waals surface area contributed by atoms with Gasteiger partial charge in [0.25, 0.3) is 5.91 Å². The van der Waals surface area contributed by atoms with E-state index in [2.05, 4.69) is 25.5 Å². The molecule has 1 saturated heterocycles. The van der Waals surface area contributed by atoms with Gasteiger partial charge in [-0.25, -0.2) is 4.39 Å². The summed E-state index contributed by atoms with van der Waals surface area (Å²) in [5, 5.41) is 5.99. The molecule has 0 radical (unpaired) electrons. The predicted molar refractivity (Wildman–Crippen MR) is 116 cm³/mol. The largest absolute Gasteiger partial charge is 0.480 e. The monoisotopic (exact) mass is 423 g/mol. The first-order valence-electron chi connectivity index (χ1n) is 9.80. The van der Waals surface area contributed by atoms with E-state index >= 15 is 0 Å². The second kappa shape index (κ2) is 9.40. The zero-order valence-corrected chi connectivity index (χ0v) is 17.0. The number of aromatic nitrogens is 2. The molecule has 8 nitrogen and oxygen atoms in total. The highest BCUT2D eigenvalue weighted by Gasteiger charge is 2.19. The molecule has 0 spiro atoms. The Labute approximate surface area is 179 Å². The molecule has 3 aromatic rings. The summed E-state index contributed by atoms with van der Waals surface area (Å²) in [6.07, 6.45) is 3.15. The van der Waals surface area contributed by atoms with Crippen LogP contribution in [0.1, 0.15) is 10.4 Å². The van der Waals surface area contributed by atoms with Crippen molar-refractivity contribution in [2.45, 2.75) is 0 Å². The number of hydrogen-bond acceptors (Lipinski definition) is 7. The van der Waals surface area contributed by atoms with E-state index < -0.39 is 0 Å². The van der Waals surface area contributed by atoms with E-state index in [1.54, 1.807) is 42.7 Å². The van der Waals surface area contributed by atoms with Gasteiger partial charge >= 0.3 is 0 Å². The number of pyridine rings is 2. The fourth-order valence-electron chi connectivity index (χ4n) is 3.21. The average Bonchev–Trinajstić information content (AvgIpc) is 2.82. The summed E-state index contributed by atoms with van der Waals surface area (Å²) in [4.78, 5) is 23.6. The topological polar surface area (TPSA) is 88.6 Å². The molecule has 0 unspecified atom stereocenters. The lowest BCUT2D eigenvalue weighted by Crippen LogP contribution is -2.36. The van der Waals surface area contributed by atoms with Crippen molar-refractivity contribution < 1.29 is 18.7 Å². The van der Waals surface area contributed by atoms with Gasteiger partial charge in [0, 0.05) is 25.0 Å². The number of nitrogens with one attached hydrogen (secondary N) is 2. The summed E-state index contributed by atoms with van der Waals surface area (Å²) in [5.74, 6) is 0.277. The Morgan fingerprint density at radius 3 is 2.61 bits per heavy atom. The van der Waals surface area contributed by atoms with Crippen molar-refractivity contribution in [1.29, 1.82) is 0 Å². The van der Waals surface area contributed by atoms with E-state index in [0.717, 1.165) is 18.9 Å². The molecular formula is C22H22FN5O3. The summed E-state index contributed by atoms with van der Waals surface area (Å²) < 4.78 is 23.9. The number of morpholine rings is 1. The predicted octanol–water partition coefficient (Wildman–Crippen LogP) is 3.46. The van der Waals surface area contributed by atoms with Crippen molar-refractivity contribution in [1.82, 2.24) is 9.97 Å². The normalized spacial score (nSPS) is 13.5. The van der Waals surface area contributed by atoms with Crippen molar-refractivity contribution in [3.63, 3.8) is 0 Å². The van der Waals surface area contributed by atoms with E-state index in [1.165, 1.54) is 19.2 Å². The molecule has 0 saturated carbocycles. The molecule has 160 valence electrons. The van der Waals surface area contributed by atoms with Gasteiger partial charge in [-0.2, -0.15) is 4.98 Å². The standard InChI is InChI=1S/C22H22FN5O3/c1-30-22-17(6-7-20(27-22)28-10-12-31-13-11-28)21(29)26-18-8-9-24-14-19(18)25-16-4-2-15(23)3-5-16/h2-9,14,25H,10-13H2,1H3,(H,24,26,29). The third-order valence-electron chi connectivity index (χ3n) is 4.81. The summed E-state index contributed by atoms with van der Waals surface area (Å²) in [7, 11) is 1.48. The van der Waals surface area contributed by atoms with Crippen molar-refractivity contribution in [3.8, 4) is 5.88 Å². The zero-order chi connectivity index (χ0) is 21.6. The van der Waals surface area contributed by atoms with Gasteiger partial charge in [-0.3, -0.25) is 9.78 Å². The number of ether oxygens (including phenoxy) is 2. The molecule has 1 amide bonds. The second-order valence-corrected chi connectivity index (χ2v) is 6.83. The van der Waals surface area contributed by atoms with Crippen molar-refractivity contribution in [2.24, 2.45) is 0 Å². The minimum Gasteiger partial charge on any atom is -0.480 e. The van der Waals surface area contributed by atoms with Gasteiger partial charge in [0.2, 0.25) is 5.88 Å². The van der Waals surface area contributed by atoms with Gasteiger partial charge in [0.05, 0.1) is 37.9 Å². The van der Waals surface area contributed by atoms with Crippen molar-refractivity contribution >= 4 is 28.8 Å². The number of carbonyl (C=O) groups is 1. The SMILES string of the molecule is COc1nc(N2CCOCC2)ccc1C(=O)Nc1ccncc1Nc1ccc(F)cc1. The van der Waals surface area contributed by atoms with Crippen LogP contribution in [0.5, 0.6) is 5.88 Å².